The number of thiophene rings is 1. The Hall–Kier alpha value is -1.40. The molecule has 0 spiro atoms. The van der Waals surface area contributed by atoms with E-state index in [4.69, 9.17) is 9.84 Å². The van der Waals surface area contributed by atoms with Gasteiger partial charge in [0, 0.05) is 12.5 Å². The number of aliphatic carboxylic acids is 1. The van der Waals surface area contributed by atoms with E-state index in [1.165, 1.54) is 18.4 Å². The molecule has 1 rings (SSSR count). The van der Waals surface area contributed by atoms with E-state index in [0.29, 0.717) is 5.56 Å². The van der Waals surface area contributed by atoms with Crippen molar-refractivity contribution in [3.63, 3.8) is 0 Å². The van der Waals surface area contributed by atoms with Crippen LogP contribution in [-0.2, 0) is 9.53 Å². The lowest BCUT2D eigenvalue weighted by Gasteiger charge is -2.13. The maximum absolute atomic E-state index is 11.7. The Morgan fingerprint density at radius 1 is 1.56 bits per heavy atom. The van der Waals surface area contributed by atoms with Crippen LogP contribution >= 0.6 is 11.3 Å². The van der Waals surface area contributed by atoms with Gasteiger partial charge < -0.3 is 15.2 Å². The Morgan fingerprint density at radius 2 is 2.25 bits per heavy atom. The minimum atomic E-state index is -1.11. The quantitative estimate of drug-likeness (QED) is 0.805. The molecule has 1 amide bonds. The normalized spacial score (nSPS) is 12.1. The molecule has 0 radical (unpaired) electrons. The van der Waals surface area contributed by atoms with Crippen LogP contribution in [0.1, 0.15) is 15.9 Å². The molecule has 16 heavy (non-hydrogen) atoms. The molecular weight excluding hydrogens is 230 g/mol. The van der Waals surface area contributed by atoms with E-state index in [9.17, 15) is 9.59 Å². The van der Waals surface area contributed by atoms with E-state index in [2.05, 4.69) is 5.32 Å². The maximum Gasteiger partial charge on any atom is 0.328 e. The van der Waals surface area contributed by atoms with Gasteiger partial charge in [-0.1, -0.05) is 0 Å². The van der Waals surface area contributed by atoms with Gasteiger partial charge >= 0.3 is 5.97 Å². The van der Waals surface area contributed by atoms with E-state index in [1.807, 2.05) is 5.38 Å². The van der Waals surface area contributed by atoms with Crippen molar-refractivity contribution in [2.75, 3.05) is 13.7 Å². The minimum absolute atomic E-state index is 0.0513. The number of carboxylic acids is 1. The largest absolute Gasteiger partial charge is 0.480 e. The summed E-state index contributed by atoms with van der Waals surface area (Å²) in [6, 6.07) is -1.02. The highest BCUT2D eigenvalue weighted by molar-refractivity contribution is 7.08. The predicted octanol–water partition coefficient (Wildman–Crippen LogP) is 0.886. The van der Waals surface area contributed by atoms with Gasteiger partial charge in [-0.3, -0.25) is 4.79 Å². The second-order valence-electron chi connectivity index (χ2n) is 3.29. The van der Waals surface area contributed by atoms with Crippen molar-refractivity contribution in [3.8, 4) is 0 Å². The fourth-order valence-corrected chi connectivity index (χ4v) is 2.00. The zero-order valence-corrected chi connectivity index (χ0v) is 9.84. The first kappa shape index (κ1) is 12.7. The van der Waals surface area contributed by atoms with Crippen LogP contribution in [0.4, 0.5) is 0 Å². The van der Waals surface area contributed by atoms with Crippen molar-refractivity contribution < 1.29 is 19.4 Å². The number of carbonyl (C=O) groups excluding carboxylic acids is 1. The monoisotopic (exact) mass is 243 g/mol. The van der Waals surface area contributed by atoms with Crippen LogP contribution in [0.2, 0.25) is 0 Å². The van der Waals surface area contributed by atoms with Gasteiger partial charge in [0.05, 0.1) is 12.2 Å². The summed E-state index contributed by atoms with van der Waals surface area (Å²) in [6.45, 7) is 1.75. The van der Waals surface area contributed by atoms with Crippen LogP contribution in [0.25, 0.3) is 0 Å². The number of amides is 1. The van der Waals surface area contributed by atoms with E-state index < -0.39 is 12.0 Å². The smallest absolute Gasteiger partial charge is 0.328 e. The first-order chi connectivity index (χ1) is 7.56. The molecular formula is C10H13NO4S. The molecule has 1 aromatic heterocycles. The van der Waals surface area contributed by atoms with Gasteiger partial charge in [0.1, 0.15) is 0 Å². The fraction of sp³-hybridized carbons (Fsp3) is 0.400. The van der Waals surface area contributed by atoms with Crippen molar-refractivity contribution in [2.45, 2.75) is 13.0 Å². The van der Waals surface area contributed by atoms with Crippen LogP contribution in [0.3, 0.4) is 0 Å². The summed E-state index contributed by atoms with van der Waals surface area (Å²) in [5.41, 5.74) is 1.34. The Bertz CT molecular complexity index is 388. The molecule has 5 nitrogen and oxygen atoms in total. The standard InChI is InChI=1S/C10H13NO4S/c1-6-4-16-5-7(6)9(12)11-8(3-15-2)10(13)14/h4-5,8H,3H2,1-2H3,(H,11,12)(H,13,14). The molecule has 0 fully saturated rings. The van der Waals surface area contributed by atoms with Gasteiger partial charge in [-0.25, -0.2) is 4.79 Å². The van der Waals surface area contributed by atoms with Gasteiger partial charge in [0.25, 0.3) is 5.91 Å². The highest BCUT2D eigenvalue weighted by atomic mass is 32.1. The van der Waals surface area contributed by atoms with E-state index >= 15 is 0 Å². The molecule has 1 aromatic rings. The van der Waals surface area contributed by atoms with E-state index in [0.717, 1.165) is 5.56 Å². The number of ether oxygens (including phenoxy) is 1. The second kappa shape index (κ2) is 5.62. The Labute approximate surface area is 97.0 Å². The number of hydrogen-bond acceptors (Lipinski definition) is 4. The summed E-state index contributed by atoms with van der Waals surface area (Å²) in [5.74, 6) is -1.49. The number of carboxylic acid groups (broad SMARTS) is 1. The Balaban J connectivity index is 2.69. The number of nitrogens with one attached hydrogen (secondary N) is 1. The third-order valence-electron chi connectivity index (χ3n) is 2.04. The fourth-order valence-electron chi connectivity index (χ4n) is 1.17. The zero-order valence-electron chi connectivity index (χ0n) is 9.02. The third kappa shape index (κ3) is 3.04. The lowest BCUT2D eigenvalue weighted by atomic mass is 10.2. The first-order valence-corrected chi connectivity index (χ1v) is 5.56. The summed E-state index contributed by atoms with van der Waals surface area (Å²) in [7, 11) is 1.39. The third-order valence-corrected chi connectivity index (χ3v) is 2.90. The molecule has 0 saturated carbocycles. The molecule has 0 aliphatic carbocycles. The minimum Gasteiger partial charge on any atom is -0.480 e. The summed E-state index contributed by atoms with van der Waals surface area (Å²) in [5, 5.41) is 14.8. The van der Waals surface area contributed by atoms with Gasteiger partial charge in [-0.2, -0.15) is 11.3 Å². The van der Waals surface area contributed by atoms with Crippen LogP contribution in [0.15, 0.2) is 10.8 Å². The van der Waals surface area contributed by atoms with E-state index in [-0.39, 0.29) is 12.5 Å². The van der Waals surface area contributed by atoms with Crippen molar-refractivity contribution in [1.82, 2.24) is 5.32 Å². The molecule has 88 valence electrons. The van der Waals surface area contributed by atoms with Gasteiger partial charge in [-0.15, -0.1) is 0 Å². The summed E-state index contributed by atoms with van der Waals surface area (Å²) in [6.07, 6.45) is 0. The molecule has 0 bridgehead atoms. The summed E-state index contributed by atoms with van der Waals surface area (Å²) in [4.78, 5) is 22.5. The Kier molecular flexibility index (Phi) is 4.45. The number of methoxy groups -OCH3 is 1. The van der Waals surface area contributed by atoms with Crippen molar-refractivity contribution in [3.05, 3.63) is 21.9 Å². The average Bonchev–Trinajstić information content (AvgIpc) is 2.63. The molecule has 1 heterocycles. The lowest BCUT2D eigenvalue weighted by molar-refractivity contribution is -0.140. The van der Waals surface area contributed by atoms with Crippen molar-refractivity contribution in [1.29, 1.82) is 0 Å². The van der Waals surface area contributed by atoms with Gasteiger partial charge in [0.15, 0.2) is 6.04 Å². The SMILES string of the molecule is COCC(NC(=O)c1cscc1C)C(=O)O. The van der Waals surface area contributed by atoms with Crippen LogP contribution < -0.4 is 5.32 Å². The lowest BCUT2D eigenvalue weighted by Crippen LogP contribution is -2.43. The Morgan fingerprint density at radius 3 is 2.69 bits per heavy atom. The molecule has 0 aliphatic rings. The number of hydrogen-bond donors (Lipinski definition) is 2. The zero-order chi connectivity index (χ0) is 12.1. The van der Waals surface area contributed by atoms with Crippen LogP contribution in [0, 0.1) is 6.92 Å². The molecule has 2 N–H and O–H groups in total. The number of rotatable bonds is 5. The summed E-state index contributed by atoms with van der Waals surface area (Å²) < 4.78 is 4.72. The van der Waals surface area contributed by atoms with Crippen LogP contribution in [0.5, 0.6) is 0 Å². The van der Waals surface area contributed by atoms with Gasteiger partial charge in [0.2, 0.25) is 0 Å². The molecule has 0 aliphatic heterocycles. The highest BCUT2D eigenvalue weighted by Gasteiger charge is 2.21. The van der Waals surface area contributed by atoms with Gasteiger partial charge in [-0.05, 0) is 17.9 Å². The predicted molar refractivity (Wildman–Crippen MR) is 59.8 cm³/mol. The number of carbonyl (C=O) groups is 2. The van der Waals surface area contributed by atoms with Crippen molar-refractivity contribution in [2.24, 2.45) is 0 Å². The molecule has 1 unspecified atom stereocenters. The summed E-state index contributed by atoms with van der Waals surface area (Å²) >= 11 is 1.40. The molecule has 1 atom stereocenters. The van der Waals surface area contributed by atoms with Crippen molar-refractivity contribution >= 4 is 23.2 Å². The molecule has 6 heteroatoms. The van der Waals surface area contributed by atoms with Crippen LogP contribution in [-0.4, -0.2) is 36.7 Å². The maximum atomic E-state index is 11.7. The highest BCUT2D eigenvalue weighted by Crippen LogP contribution is 2.13. The topological polar surface area (TPSA) is 75.6 Å². The van der Waals surface area contributed by atoms with E-state index in [1.54, 1.807) is 12.3 Å². The first-order valence-electron chi connectivity index (χ1n) is 4.61. The molecule has 0 saturated heterocycles. The molecule has 0 aromatic carbocycles. The number of aryl methyl sites for hydroxylation is 1. The average molecular weight is 243 g/mol. The second-order valence-corrected chi connectivity index (χ2v) is 4.03.